The number of aromatic nitrogens is 1. The zero-order valence-corrected chi connectivity index (χ0v) is 26.6. The minimum absolute atomic E-state index is 0.901. The Hall–Kier alpha value is -6.51. The summed E-state index contributed by atoms with van der Waals surface area (Å²) in [4.78, 5) is 5.36. The highest BCUT2D eigenvalue weighted by molar-refractivity contribution is 6.28. The number of pyridine rings is 1. The molecule has 10 aromatic rings. The number of furan rings is 1. The Morgan fingerprint density at radius 3 is 1.67 bits per heavy atom. The predicted octanol–water partition coefficient (Wildman–Crippen LogP) is 13.1. The van der Waals surface area contributed by atoms with Crippen LogP contribution >= 0.6 is 0 Å². The summed E-state index contributed by atoms with van der Waals surface area (Å²) in [6, 6.07) is 62.7. The first-order valence-corrected chi connectivity index (χ1v) is 16.7. The fourth-order valence-corrected chi connectivity index (χ4v) is 7.53. The van der Waals surface area contributed by atoms with E-state index in [9.17, 15) is 0 Å². The standard InChI is InChI=1S/C47H29NO/c1-3-12-30(13-4-1)34-27-43(31-14-5-2-6-15-31)48-44(28-34)41-20-11-19-40-36-17-8-7-16-35(36)37-24-22-32(26-42(37)47(40)41)33-23-25-39-38-18-9-10-21-45(38)49-46(39)29-33/h1-29H. The van der Waals surface area contributed by atoms with E-state index in [1.807, 2.05) is 12.1 Å². The Morgan fingerprint density at radius 1 is 0.306 bits per heavy atom. The summed E-state index contributed by atoms with van der Waals surface area (Å²) in [5.74, 6) is 0. The molecule has 0 aliphatic heterocycles. The van der Waals surface area contributed by atoms with Crippen LogP contribution in [0.1, 0.15) is 0 Å². The fourth-order valence-electron chi connectivity index (χ4n) is 7.53. The summed E-state index contributed by atoms with van der Waals surface area (Å²) in [5.41, 5.74) is 10.5. The smallest absolute Gasteiger partial charge is 0.136 e. The summed E-state index contributed by atoms with van der Waals surface area (Å²) in [6.45, 7) is 0. The van der Waals surface area contributed by atoms with Crippen molar-refractivity contribution >= 4 is 54.3 Å². The molecule has 0 aliphatic rings. The monoisotopic (exact) mass is 623 g/mol. The molecule has 49 heavy (non-hydrogen) atoms. The molecule has 0 bridgehead atoms. The molecule has 0 unspecified atom stereocenters. The lowest BCUT2D eigenvalue weighted by molar-refractivity contribution is 0.669. The lowest BCUT2D eigenvalue weighted by Gasteiger charge is -2.16. The lowest BCUT2D eigenvalue weighted by Crippen LogP contribution is -1.93. The molecular weight excluding hydrogens is 595 g/mol. The van der Waals surface area contributed by atoms with Crippen LogP contribution in [-0.4, -0.2) is 4.98 Å². The van der Waals surface area contributed by atoms with Crippen LogP contribution in [0.4, 0.5) is 0 Å². The van der Waals surface area contributed by atoms with E-state index < -0.39 is 0 Å². The Labute approximate surface area is 283 Å². The Morgan fingerprint density at radius 2 is 0.878 bits per heavy atom. The molecule has 0 fully saturated rings. The second kappa shape index (κ2) is 11.0. The highest BCUT2D eigenvalue weighted by Crippen LogP contribution is 2.43. The molecule has 10 rings (SSSR count). The van der Waals surface area contributed by atoms with Gasteiger partial charge in [-0.25, -0.2) is 4.98 Å². The minimum atomic E-state index is 0.901. The number of fused-ring (bicyclic) bond motifs is 9. The van der Waals surface area contributed by atoms with Crippen molar-refractivity contribution in [1.82, 2.24) is 4.98 Å². The maximum atomic E-state index is 6.29. The highest BCUT2D eigenvalue weighted by atomic mass is 16.3. The maximum Gasteiger partial charge on any atom is 0.136 e. The average Bonchev–Trinajstić information content (AvgIpc) is 3.56. The van der Waals surface area contributed by atoms with Crippen molar-refractivity contribution in [2.45, 2.75) is 0 Å². The third kappa shape index (κ3) is 4.53. The molecule has 0 aliphatic carbocycles. The number of hydrogen-bond acceptors (Lipinski definition) is 2. The average molecular weight is 624 g/mol. The third-order valence-corrected chi connectivity index (χ3v) is 9.85. The largest absolute Gasteiger partial charge is 0.456 e. The maximum absolute atomic E-state index is 6.29. The van der Waals surface area contributed by atoms with Gasteiger partial charge in [0.25, 0.3) is 0 Å². The van der Waals surface area contributed by atoms with Crippen molar-refractivity contribution in [3.8, 4) is 44.8 Å². The van der Waals surface area contributed by atoms with Crippen molar-refractivity contribution in [2.24, 2.45) is 0 Å². The minimum Gasteiger partial charge on any atom is -0.456 e. The first-order valence-electron chi connectivity index (χ1n) is 16.7. The second-order valence-corrected chi connectivity index (χ2v) is 12.7. The van der Waals surface area contributed by atoms with Crippen molar-refractivity contribution in [1.29, 1.82) is 0 Å². The third-order valence-electron chi connectivity index (χ3n) is 9.85. The SMILES string of the molecule is c1ccc(-c2cc(-c3ccccc3)nc(-c3cccc4c5ccccc5c5ccc(-c6ccc7c(c6)oc6ccccc67)cc5c34)c2)cc1. The zero-order chi connectivity index (χ0) is 32.3. The molecule has 228 valence electrons. The van der Waals surface area contributed by atoms with Crippen molar-refractivity contribution in [3.05, 3.63) is 176 Å². The molecule has 2 aromatic heterocycles. The van der Waals surface area contributed by atoms with Crippen LogP contribution in [0.5, 0.6) is 0 Å². The van der Waals surface area contributed by atoms with Gasteiger partial charge in [-0.2, -0.15) is 0 Å². The summed E-state index contributed by atoms with van der Waals surface area (Å²) in [6.07, 6.45) is 0. The molecule has 2 heterocycles. The number of hydrogen-bond donors (Lipinski definition) is 0. The summed E-state index contributed by atoms with van der Waals surface area (Å²) in [5, 5.41) is 9.63. The van der Waals surface area contributed by atoms with E-state index in [4.69, 9.17) is 9.40 Å². The van der Waals surface area contributed by atoms with Gasteiger partial charge in [-0.1, -0.05) is 140 Å². The van der Waals surface area contributed by atoms with Gasteiger partial charge < -0.3 is 4.42 Å². The fraction of sp³-hybridized carbons (Fsp3) is 0. The van der Waals surface area contributed by atoms with E-state index in [0.29, 0.717) is 0 Å². The summed E-state index contributed by atoms with van der Waals surface area (Å²) < 4.78 is 6.29. The second-order valence-electron chi connectivity index (χ2n) is 12.7. The lowest BCUT2D eigenvalue weighted by atomic mass is 9.88. The number of para-hydroxylation sites is 1. The van der Waals surface area contributed by atoms with Crippen LogP contribution in [-0.2, 0) is 0 Å². The molecule has 0 spiro atoms. The molecular formula is C47H29NO. The van der Waals surface area contributed by atoms with Gasteiger partial charge in [0.2, 0.25) is 0 Å². The van der Waals surface area contributed by atoms with E-state index in [1.54, 1.807) is 0 Å². The first kappa shape index (κ1) is 27.6. The Bertz CT molecular complexity index is 2810. The van der Waals surface area contributed by atoms with Gasteiger partial charge >= 0.3 is 0 Å². The zero-order valence-electron chi connectivity index (χ0n) is 26.6. The van der Waals surface area contributed by atoms with E-state index >= 15 is 0 Å². The van der Waals surface area contributed by atoms with Crippen molar-refractivity contribution in [3.63, 3.8) is 0 Å². The topological polar surface area (TPSA) is 26.0 Å². The molecule has 8 aromatic carbocycles. The Kier molecular flexibility index (Phi) is 6.22. The predicted molar refractivity (Wildman–Crippen MR) is 206 cm³/mol. The van der Waals surface area contributed by atoms with E-state index in [2.05, 4.69) is 164 Å². The Balaban J connectivity index is 1.26. The van der Waals surface area contributed by atoms with Gasteiger partial charge in [0, 0.05) is 21.9 Å². The van der Waals surface area contributed by atoms with Crippen LogP contribution in [0.2, 0.25) is 0 Å². The van der Waals surface area contributed by atoms with Crippen LogP contribution in [0, 0.1) is 0 Å². The molecule has 0 radical (unpaired) electrons. The van der Waals surface area contributed by atoms with Crippen LogP contribution in [0.15, 0.2) is 180 Å². The molecule has 0 atom stereocenters. The van der Waals surface area contributed by atoms with E-state index in [-0.39, 0.29) is 0 Å². The van der Waals surface area contributed by atoms with Crippen LogP contribution < -0.4 is 0 Å². The summed E-state index contributed by atoms with van der Waals surface area (Å²) >= 11 is 0. The molecule has 0 saturated heterocycles. The molecule has 0 amide bonds. The normalized spacial score (nSPS) is 11.7. The molecule has 0 saturated carbocycles. The highest BCUT2D eigenvalue weighted by Gasteiger charge is 2.17. The van der Waals surface area contributed by atoms with Gasteiger partial charge in [0.15, 0.2) is 0 Å². The van der Waals surface area contributed by atoms with Crippen LogP contribution in [0.25, 0.3) is 99.0 Å². The summed E-state index contributed by atoms with van der Waals surface area (Å²) in [7, 11) is 0. The van der Waals surface area contributed by atoms with Crippen molar-refractivity contribution in [2.75, 3.05) is 0 Å². The first-order chi connectivity index (χ1) is 24.3. The van der Waals surface area contributed by atoms with Gasteiger partial charge in [0.05, 0.1) is 11.4 Å². The van der Waals surface area contributed by atoms with Gasteiger partial charge in [-0.3, -0.25) is 0 Å². The molecule has 2 nitrogen and oxygen atoms in total. The van der Waals surface area contributed by atoms with Crippen molar-refractivity contribution < 1.29 is 4.42 Å². The molecule has 2 heteroatoms. The molecule has 0 N–H and O–H groups in total. The van der Waals surface area contributed by atoms with Gasteiger partial charge in [-0.15, -0.1) is 0 Å². The van der Waals surface area contributed by atoms with E-state index in [1.165, 1.54) is 37.9 Å². The van der Waals surface area contributed by atoms with Crippen LogP contribution in [0.3, 0.4) is 0 Å². The number of rotatable bonds is 4. The van der Waals surface area contributed by atoms with E-state index in [0.717, 1.165) is 61.1 Å². The number of benzene rings is 8. The number of nitrogens with zero attached hydrogens (tertiary/aromatic N) is 1. The van der Waals surface area contributed by atoms with Gasteiger partial charge in [0.1, 0.15) is 11.2 Å². The quantitative estimate of drug-likeness (QED) is 0.182. The van der Waals surface area contributed by atoms with Gasteiger partial charge in [-0.05, 0) is 91.0 Å².